The number of carbonyl (C=O) groups is 2. The Hall–Kier alpha value is -2.33. The van der Waals surface area contributed by atoms with Gasteiger partial charge in [0.2, 0.25) is 0 Å². The molecule has 0 spiro atoms. The van der Waals surface area contributed by atoms with Crippen LogP contribution in [0.3, 0.4) is 0 Å². The van der Waals surface area contributed by atoms with E-state index >= 15 is 0 Å². The summed E-state index contributed by atoms with van der Waals surface area (Å²) < 4.78 is 4.63. The van der Waals surface area contributed by atoms with Gasteiger partial charge in [0.1, 0.15) is 0 Å². The van der Waals surface area contributed by atoms with E-state index in [0.717, 1.165) is 5.56 Å². The predicted molar refractivity (Wildman–Crippen MR) is 75.2 cm³/mol. The van der Waals surface area contributed by atoms with E-state index in [1.807, 2.05) is 0 Å². The number of halogens is 1. The molecule has 20 heavy (non-hydrogen) atoms. The van der Waals surface area contributed by atoms with Gasteiger partial charge in [0, 0.05) is 5.02 Å². The fraction of sp³-hybridized carbons (Fsp3) is 0.0667. The molecule has 1 N–H and O–H groups in total. The van der Waals surface area contributed by atoms with Gasteiger partial charge in [-0.2, -0.15) is 0 Å². The minimum Gasteiger partial charge on any atom is -0.478 e. The Morgan fingerprint density at radius 1 is 1.05 bits per heavy atom. The SMILES string of the molecule is COC(=O)c1cc(C(=O)O)cc(-c2cccc(Cl)c2)c1. The second-order valence-corrected chi connectivity index (χ2v) is 4.54. The van der Waals surface area contributed by atoms with Gasteiger partial charge in [0.25, 0.3) is 0 Å². The fourth-order valence-corrected chi connectivity index (χ4v) is 2.01. The van der Waals surface area contributed by atoms with Gasteiger partial charge in [-0.1, -0.05) is 23.7 Å². The molecule has 0 saturated heterocycles. The van der Waals surface area contributed by atoms with Crippen LogP contribution in [0.4, 0.5) is 0 Å². The molecule has 0 aliphatic rings. The van der Waals surface area contributed by atoms with Crippen molar-refractivity contribution in [2.75, 3.05) is 7.11 Å². The maximum atomic E-state index is 11.6. The van der Waals surface area contributed by atoms with Crippen LogP contribution in [0.25, 0.3) is 11.1 Å². The zero-order valence-corrected chi connectivity index (χ0v) is 11.3. The van der Waals surface area contributed by atoms with Crippen LogP contribution in [-0.2, 0) is 4.74 Å². The third kappa shape index (κ3) is 2.97. The summed E-state index contributed by atoms with van der Waals surface area (Å²) in [5, 5.41) is 9.64. The van der Waals surface area contributed by atoms with Gasteiger partial charge >= 0.3 is 11.9 Å². The number of carboxylic acids is 1. The van der Waals surface area contributed by atoms with Crippen molar-refractivity contribution < 1.29 is 19.4 Å². The van der Waals surface area contributed by atoms with Crippen LogP contribution in [0.5, 0.6) is 0 Å². The summed E-state index contributed by atoms with van der Waals surface area (Å²) >= 11 is 5.92. The van der Waals surface area contributed by atoms with Crippen molar-refractivity contribution in [3.8, 4) is 11.1 Å². The van der Waals surface area contributed by atoms with Crippen molar-refractivity contribution in [2.45, 2.75) is 0 Å². The maximum Gasteiger partial charge on any atom is 0.337 e. The van der Waals surface area contributed by atoms with E-state index in [-0.39, 0.29) is 11.1 Å². The first kappa shape index (κ1) is 14.1. The molecule has 0 aliphatic heterocycles. The number of hydrogen-bond donors (Lipinski definition) is 1. The number of rotatable bonds is 3. The van der Waals surface area contributed by atoms with Crippen LogP contribution >= 0.6 is 11.6 Å². The molecule has 0 amide bonds. The molecule has 0 bridgehead atoms. The Morgan fingerprint density at radius 2 is 1.75 bits per heavy atom. The van der Waals surface area contributed by atoms with Gasteiger partial charge in [0.15, 0.2) is 0 Å². The number of hydrogen-bond acceptors (Lipinski definition) is 3. The number of methoxy groups -OCH3 is 1. The quantitative estimate of drug-likeness (QED) is 0.879. The topological polar surface area (TPSA) is 63.6 Å². The van der Waals surface area contributed by atoms with Gasteiger partial charge in [-0.3, -0.25) is 0 Å². The van der Waals surface area contributed by atoms with E-state index in [2.05, 4.69) is 4.74 Å². The summed E-state index contributed by atoms with van der Waals surface area (Å²) in [5.74, 6) is -1.70. The Balaban J connectivity index is 2.60. The van der Waals surface area contributed by atoms with Crippen molar-refractivity contribution in [1.82, 2.24) is 0 Å². The van der Waals surface area contributed by atoms with E-state index in [0.29, 0.717) is 10.6 Å². The van der Waals surface area contributed by atoms with Gasteiger partial charge in [0.05, 0.1) is 18.2 Å². The molecule has 0 unspecified atom stereocenters. The standard InChI is InChI=1S/C15H11ClO4/c1-20-15(19)12-6-10(5-11(7-12)14(17)18)9-3-2-4-13(16)8-9/h2-8H,1H3,(H,17,18). The molecular weight excluding hydrogens is 280 g/mol. The fourth-order valence-electron chi connectivity index (χ4n) is 1.82. The first-order chi connectivity index (χ1) is 9.51. The zero-order chi connectivity index (χ0) is 14.7. The van der Waals surface area contributed by atoms with E-state index in [1.54, 1.807) is 30.3 Å². The van der Waals surface area contributed by atoms with E-state index < -0.39 is 11.9 Å². The lowest BCUT2D eigenvalue weighted by Gasteiger charge is -2.07. The van der Waals surface area contributed by atoms with Crippen LogP contribution < -0.4 is 0 Å². The van der Waals surface area contributed by atoms with Crippen LogP contribution in [0.2, 0.25) is 5.02 Å². The Kier molecular flexibility index (Phi) is 4.05. The molecule has 2 aromatic carbocycles. The lowest BCUT2D eigenvalue weighted by Crippen LogP contribution is -2.05. The summed E-state index contributed by atoms with van der Waals surface area (Å²) in [6.45, 7) is 0. The monoisotopic (exact) mass is 290 g/mol. The molecular formula is C15H11ClO4. The van der Waals surface area contributed by atoms with Crippen molar-refractivity contribution in [3.05, 3.63) is 58.6 Å². The maximum absolute atomic E-state index is 11.6. The summed E-state index contributed by atoms with van der Waals surface area (Å²) in [7, 11) is 1.24. The average Bonchev–Trinajstić information content (AvgIpc) is 2.45. The third-order valence-corrected chi connectivity index (χ3v) is 2.99. The molecule has 102 valence electrons. The molecule has 0 aromatic heterocycles. The summed E-state index contributed by atoms with van der Waals surface area (Å²) in [6, 6.07) is 11.3. The highest BCUT2D eigenvalue weighted by molar-refractivity contribution is 6.30. The van der Waals surface area contributed by atoms with Crippen LogP contribution in [-0.4, -0.2) is 24.2 Å². The van der Waals surface area contributed by atoms with Crippen molar-refractivity contribution in [3.63, 3.8) is 0 Å². The van der Waals surface area contributed by atoms with Crippen LogP contribution in [0.15, 0.2) is 42.5 Å². The molecule has 2 aromatic rings. The number of esters is 1. The van der Waals surface area contributed by atoms with Gasteiger partial charge in [-0.25, -0.2) is 9.59 Å². The Morgan fingerprint density at radius 3 is 2.35 bits per heavy atom. The smallest absolute Gasteiger partial charge is 0.337 e. The molecule has 5 heteroatoms. The second kappa shape index (κ2) is 5.75. The number of aromatic carboxylic acids is 1. The number of carbonyl (C=O) groups excluding carboxylic acids is 1. The van der Waals surface area contributed by atoms with Crippen molar-refractivity contribution >= 4 is 23.5 Å². The highest BCUT2D eigenvalue weighted by atomic mass is 35.5. The predicted octanol–water partition coefficient (Wildman–Crippen LogP) is 3.49. The highest BCUT2D eigenvalue weighted by Crippen LogP contribution is 2.25. The molecule has 0 atom stereocenters. The number of benzene rings is 2. The lowest BCUT2D eigenvalue weighted by molar-refractivity contribution is 0.0601. The Bertz CT molecular complexity index is 679. The molecule has 0 heterocycles. The molecule has 0 fully saturated rings. The minimum atomic E-state index is -1.11. The number of ether oxygens (including phenoxy) is 1. The van der Waals surface area contributed by atoms with E-state index in [1.165, 1.54) is 19.2 Å². The second-order valence-electron chi connectivity index (χ2n) is 4.11. The summed E-state index contributed by atoms with van der Waals surface area (Å²) in [6.07, 6.45) is 0. The first-order valence-corrected chi connectivity index (χ1v) is 6.11. The lowest BCUT2D eigenvalue weighted by atomic mass is 10.00. The molecule has 4 nitrogen and oxygen atoms in total. The van der Waals surface area contributed by atoms with Crippen molar-refractivity contribution in [1.29, 1.82) is 0 Å². The van der Waals surface area contributed by atoms with Gasteiger partial charge in [-0.15, -0.1) is 0 Å². The van der Waals surface area contributed by atoms with Gasteiger partial charge < -0.3 is 9.84 Å². The van der Waals surface area contributed by atoms with Crippen LogP contribution in [0.1, 0.15) is 20.7 Å². The van der Waals surface area contributed by atoms with Gasteiger partial charge in [-0.05, 0) is 41.5 Å². The van der Waals surface area contributed by atoms with Crippen LogP contribution in [0, 0.1) is 0 Å². The minimum absolute atomic E-state index is 0.0166. The Labute approximate surface area is 120 Å². The summed E-state index contributed by atoms with van der Waals surface area (Å²) in [4.78, 5) is 22.7. The van der Waals surface area contributed by atoms with E-state index in [4.69, 9.17) is 16.7 Å². The molecule has 2 rings (SSSR count). The molecule has 0 radical (unpaired) electrons. The third-order valence-electron chi connectivity index (χ3n) is 2.76. The zero-order valence-electron chi connectivity index (χ0n) is 10.6. The molecule has 0 aliphatic carbocycles. The number of carboxylic acid groups (broad SMARTS) is 1. The summed E-state index contributed by atoms with van der Waals surface area (Å²) in [5.41, 5.74) is 1.52. The highest BCUT2D eigenvalue weighted by Gasteiger charge is 2.13. The normalized spacial score (nSPS) is 10.1. The molecule has 0 saturated carbocycles. The van der Waals surface area contributed by atoms with Crippen molar-refractivity contribution in [2.24, 2.45) is 0 Å². The van der Waals surface area contributed by atoms with E-state index in [9.17, 15) is 9.59 Å². The first-order valence-electron chi connectivity index (χ1n) is 5.74. The largest absolute Gasteiger partial charge is 0.478 e. The average molecular weight is 291 g/mol.